The molecule has 130 valence electrons. The van der Waals surface area contributed by atoms with Crippen molar-refractivity contribution in [3.05, 3.63) is 18.0 Å². The first kappa shape index (κ1) is 16.9. The summed E-state index contributed by atoms with van der Waals surface area (Å²) in [5.41, 5.74) is 1.17. The summed E-state index contributed by atoms with van der Waals surface area (Å²) in [5, 5.41) is 4.41. The van der Waals surface area contributed by atoms with Gasteiger partial charge in [0.1, 0.15) is 6.23 Å². The van der Waals surface area contributed by atoms with Crippen molar-refractivity contribution in [1.29, 1.82) is 0 Å². The van der Waals surface area contributed by atoms with E-state index >= 15 is 0 Å². The number of aromatic nitrogens is 2. The van der Waals surface area contributed by atoms with Gasteiger partial charge in [-0.1, -0.05) is 0 Å². The zero-order valence-corrected chi connectivity index (χ0v) is 13.8. The molecule has 1 aromatic heterocycles. The van der Waals surface area contributed by atoms with Gasteiger partial charge in [-0.3, -0.25) is 0 Å². The standard InChI is InChI=1S/C17H28N2O4/c1-3-10-21-16(5-1)19-15(7-9-18-19)8-12-20-13-14-23-17-6-2-4-11-22-17/h7,9,16-17H,1-6,8,10-14H2. The van der Waals surface area contributed by atoms with Gasteiger partial charge in [0.05, 0.1) is 19.8 Å². The van der Waals surface area contributed by atoms with Crippen molar-refractivity contribution >= 4 is 0 Å². The lowest BCUT2D eigenvalue weighted by molar-refractivity contribution is -0.169. The van der Waals surface area contributed by atoms with E-state index in [9.17, 15) is 0 Å². The van der Waals surface area contributed by atoms with Crippen LogP contribution in [0.2, 0.25) is 0 Å². The van der Waals surface area contributed by atoms with Crippen LogP contribution in [0.5, 0.6) is 0 Å². The summed E-state index contributed by atoms with van der Waals surface area (Å²) in [5.74, 6) is 0. The minimum Gasteiger partial charge on any atom is -0.379 e. The Hall–Kier alpha value is -0.950. The fourth-order valence-electron chi connectivity index (χ4n) is 3.08. The van der Waals surface area contributed by atoms with Crippen LogP contribution < -0.4 is 0 Å². The Morgan fingerprint density at radius 3 is 2.70 bits per heavy atom. The predicted octanol–water partition coefficient (Wildman–Crippen LogP) is 2.68. The van der Waals surface area contributed by atoms with Gasteiger partial charge in [0.2, 0.25) is 0 Å². The topological polar surface area (TPSA) is 54.7 Å². The van der Waals surface area contributed by atoms with E-state index in [1.54, 1.807) is 0 Å². The van der Waals surface area contributed by atoms with E-state index < -0.39 is 0 Å². The van der Waals surface area contributed by atoms with Crippen LogP contribution in [0, 0.1) is 0 Å². The van der Waals surface area contributed by atoms with Crippen molar-refractivity contribution in [2.45, 2.75) is 57.5 Å². The normalized spacial score (nSPS) is 25.6. The third-order valence-corrected chi connectivity index (χ3v) is 4.35. The molecule has 2 aliphatic heterocycles. The molecule has 2 atom stereocenters. The lowest BCUT2D eigenvalue weighted by Crippen LogP contribution is -2.24. The molecule has 0 amide bonds. The van der Waals surface area contributed by atoms with Crippen molar-refractivity contribution in [3.63, 3.8) is 0 Å². The first-order chi connectivity index (χ1) is 11.4. The molecule has 0 radical (unpaired) electrons. The molecule has 0 saturated carbocycles. The Morgan fingerprint density at radius 2 is 1.91 bits per heavy atom. The van der Waals surface area contributed by atoms with E-state index in [1.807, 2.05) is 16.9 Å². The second kappa shape index (κ2) is 9.37. The number of nitrogens with zero attached hydrogens (tertiary/aromatic N) is 2. The zero-order chi connectivity index (χ0) is 15.7. The van der Waals surface area contributed by atoms with Gasteiger partial charge in [-0.15, -0.1) is 0 Å². The van der Waals surface area contributed by atoms with E-state index in [0.717, 1.165) is 45.3 Å². The van der Waals surface area contributed by atoms with Crippen molar-refractivity contribution in [1.82, 2.24) is 9.78 Å². The number of ether oxygens (including phenoxy) is 4. The predicted molar refractivity (Wildman–Crippen MR) is 85.1 cm³/mol. The van der Waals surface area contributed by atoms with Crippen LogP contribution in [0.25, 0.3) is 0 Å². The minimum absolute atomic E-state index is 0.0303. The van der Waals surface area contributed by atoms with Crippen LogP contribution in [0.3, 0.4) is 0 Å². The lowest BCUT2D eigenvalue weighted by atomic mass is 10.2. The molecule has 0 aromatic carbocycles. The molecule has 3 rings (SSSR count). The van der Waals surface area contributed by atoms with E-state index in [2.05, 4.69) is 5.10 Å². The maximum Gasteiger partial charge on any atom is 0.157 e. The maximum atomic E-state index is 5.80. The molecular weight excluding hydrogens is 296 g/mol. The monoisotopic (exact) mass is 324 g/mol. The van der Waals surface area contributed by atoms with Crippen molar-refractivity contribution < 1.29 is 18.9 Å². The van der Waals surface area contributed by atoms with Crippen LogP contribution in [0.15, 0.2) is 12.3 Å². The summed E-state index contributed by atoms with van der Waals surface area (Å²) in [6.07, 6.45) is 9.51. The molecule has 6 nitrogen and oxygen atoms in total. The summed E-state index contributed by atoms with van der Waals surface area (Å²) < 4.78 is 24.7. The maximum absolute atomic E-state index is 5.80. The second-order valence-corrected chi connectivity index (χ2v) is 6.12. The van der Waals surface area contributed by atoms with Gasteiger partial charge in [-0.25, -0.2) is 4.68 Å². The third-order valence-electron chi connectivity index (χ3n) is 4.35. The van der Waals surface area contributed by atoms with Crippen LogP contribution in [0.4, 0.5) is 0 Å². The highest BCUT2D eigenvalue weighted by Gasteiger charge is 2.18. The van der Waals surface area contributed by atoms with Gasteiger partial charge in [0.15, 0.2) is 6.29 Å². The molecule has 6 heteroatoms. The highest BCUT2D eigenvalue weighted by molar-refractivity contribution is 5.01. The van der Waals surface area contributed by atoms with E-state index in [4.69, 9.17) is 18.9 Å². The molecule has 0 spiro atoms. The van der Waals surface area contributed by atoms with Crippen LogP contribution in [-0.4, -0.2) is 49.1 Å². The fraction of sp³-hybridized carbons (Fsp3) is 0.824. The van der Waals surface area contributed by atoms with Crippen LogP contribution in [-0.2, 0) is 25.4 Å². The first-order valence-corrected chi connectivity index (χ1v) is 8.88. The summed E-state index contributed by atoms with van der Waals surface area (Å²) in [7, 11) is 0. The summed E-state index contributed by atoms with van der Waals surface area (Å²) in [6, 6.07) is 2.05. The molecule has 0 bridgehead atoms. The molecule has 2 fully saturated rings. The van der Waals surface area contributed by atoms with E-state index in [-0.39, 0.29) is 12.5 Å². The van der Waals surface area contributed by atoms with E-state index in [1.165, 1.54) is 18.5 Å². The molecular formula is C17H28N2O4. The summed E-state index contributed by atoms with van der Waals surface area (Å²) >= 11 is 0. The summed E-state index contributed by atoms with van der Waals surface area (Å²) in [4.78, 5) is 0. The molecule has 0 N–H and O–H groups in total. The Labute approximate surface area is 138 Å². The van der Waals surface area contributed by atoms with Gasteiger partial charge in [-0.05, 0) is 44.6 Å². The largest absolute Gasteiger partial charge is 0.379 e. The van der Waals surface area contributed by atoms with Gasteiger partial charge in [0.25, 0.3) is 0 Å². The molecule has 2 aliphatic rings. The lowest BCUT2D eigenvalue weighted by Gasteiger charge is -2.24. The molecule has 1 aromatic rings. The zero-order valence-electron chi connectivity index (χ0n) is 13.8. The Kier molecular flexibility index (Phi) is 6.88. The Balaban J connectivity index is 1.30. The van der Waals surface area contributed by atoms with Crippen molar-refractivity contribution in [3.8, 4) is 0 Å². The SMILES string of the molecule is c1cc(CCOCCOC2CCCCO2)n(C2CCCCO2)n1. The minimum atomic E-state index is -0.0303. The number of hydrogen-bond donors (Lipinski definition) is 0. The molecule has 2 unspecified atom stereocenters. The third kappa shape index (κ3) is 5.28. The highest BCUT2D eigenvalue weighted by Crippen LogP contribution is 2.23. The molecule has 3 heterocycles. The van der Waals surface area contributed by atoms with Gasteiger partial charge in [-0.2, -0.15) is 5.10 Å². The van der Waals surface area contributed by atoms with Crippen molar-refractivity contribution in [2.75, 3.05) is 33.0 Å². The molecule has 0 aliphatic carbocycles. The van der Waals surface area contributed by atoms with Gasteiger partial charge in [0, 0.05) is 31.5 Å². The second-order valence-electron chi connectivity index (χ2n) is 6.12. The van der Waals surface area contributed by atoms with Gasteiger partial charge >= 0.3 is 0 Å². The average molecular weight is 324 g/mol. The quantitative estimate of drug-likeness (QED) is 0.688. The van der Waals surface area contributed by atoms with Gasteiger partial charge < -0.3 is 18.9 Å². The average Bonchev–Trinajstić information content (AvgIpc) is 3.08. The smallest absolute Gasteiger partial charge is 0.157 e. The molecule has 23 heavy (non-hydrogen) atoms. The fourth-order valence-corrected chi connectivity index (χ4v) is 3.08. The summed E-state index contributed by atoms with van der Waals surface area (Å²) in [6.45, 7) is 3.52. The van der Waals surface area contributed by atoms with Crippen LogP contribution >= 0.6 is 0 Å². The van der Waals surface area contributed by atoms with E-state index in [0.29, 0.717) is 19.8 Å². The highest BCUT2D eigenvalue weighted by atomic mass is 16.7. The van der Waals surface area contributed by atoms with Crippen LogP contribution in [0.1, 0.15) is 50.4 Å². The Morgan fingerprint density at radius 1 is 1.04 bits per heavy atom. The first-order valence-electron chi connectivity index (χ1n) is 8.88. The molecule has 2 saturated heterocycles. The van der Waals surface area contributed by atoms with Crippen molar-refractivity contribution in [2.24, 2.45) is 0 Å². The number of hydrogen-bond acceptors (Lipinski definition) is 5. The Bertz CT molecular complexity index is 440. The number of rotatable bonds is 8.